The number of nitrogens with zero attached hydrogens (tertiary/aromatic N) is 4. The second-order valence-corrected chi connectivity index (χ2v) is 11.4. The maximum Gasteiger partial charge on any atom is 0.269 e. The molecule has 9 heteroatoms. The number of rotatable bonds is 7. The van der Waals surface area contributed by atoms with Gasteiger partial charge in [0.2, 0.25) is 0 Å². The molecule has 1 fully saturated rings. The number of benzene rings is 3. The summed E-state index contributed by atoms with van der Waals surface area (Å²) in [6, 6.07) is 31.2. The van der Waals surface area contributed by atoms with Crippen molar-refractivity contribution in [3.05, 3.63) is 142 Å². The molecule has 2 atom stereocenters. The van der Waals surface area contributed by atoms with E-state index in [1.165, 1.54) is 23.3 Å². The third-order valence-electron chi connectivity index (χ3n) is 7.35. The quantitative estimate of drug-likeness (QED) is 0.121. The van der Waals surface area contributed by atoms with Crippen molar-refractivity contribution >= 4 is 40.5 Å². The van der Waals surface area contributed by atoms with E-state index >= 15 is 0 Å². The van der Waals surface area contributed by atoms with Crippen LogP contribution >= 0.6 is 24.0 Å². The van der Waals surface area contributed by atoms with E-state index < -0.39 is 0 Å². The van der Waals surface area contributed by atoms with Crippen molar-refractivity contribution in [2.45, 2.75) is 35.7 Å². The van der Waals surface area contributed by atoms with Gasteiger partial charge in [-0.25, -0.2) is 0 Å². The average Bonchev–Trinajstić information content (AvgIpc) is 3.60. The molecule has 0 unspecified atom stereocenters. The van der Waals surface area contributed by atoms with Gasteiger partial charge in [0, 0.05) is 51.4 Å². The van der Waals surface area contributed by atoms with E-state index in [1.807, 2.05) is 24.4 Å². The predicted molar refractivity (Wildman–Crippen MR) is 167 cm³/mol. The monoisotopic (exact) mass is 577 g/mol. The van der Waals surface area contributed by atoms with Crippen LogP contribution in [-0.4, -0.2) is 19.6 Å². The maximum atomic E-state index is 11.0. The molecular weight excluding hydrogens is 551 g/mol. The zero-order chi connectivity index (χ0) is 28.5. The van der Waals surface area contributed by atoms with Gasteiger partial charge in [0.15, 0.2) is 5.11 Å². The van der Waals surface area contributed by atoms with Crippen LogP contribution in [0.3, 0.4) is 0 Å². The zero-order valence-electron chi connectivity index (χ0n) is 22.5. The lowest BCUT2D eigenvalue weighted by Gasteiger charge is -2.29. The summed E-state index contributed by atoms with van der Waals surface area (Å²) in [6.07, 6.45) is 3.91. The van der Waals surface area contributed by atoms with Crippen LogP contribution in [0.5, 0.6) is 0 Å². The minimum Gasteiger partial charge on any atom is -0.351 e. The van der Waals surface area contributed by atoms with Gasteiger partial charge in [0.05, 0.1) is 16.7 Å². The van der Waals surface area contributed by atoms with Crippen molar-refractivity contribution in [3.63, 3.8) is 0 Å². The highest BCUT2D eigenvalue weighted by molar-refractivity contribution is 7.99. The molecule has 0 spiro atoms. The first kappa shape index (κ1) is 26.7. The van der Waals surface area contributed by atoms with Crippen LogP contribution in [0.1, 0.15) is 34.6 Å². The molecule has 1 saturated heterocycles. The molecular formula is C32H27N5O2S2. The van der Waals surface area contributed by atoms with Crippen molar-refractivity contribution < 1.29 is 4.92 Å². The van der Waals surface area contributed by atoms with Crippen molar-refractivity contribution in [3.8, 4) is 5.69 Å². The lowest BCUT2D eigenvalue weighted by Crippen LogP contribution is -2.30. The molecule has 0 amide bonds. The second kappa shape index (κ2) is 11.2. The highest BCUT2D eigenvalue weighted by Crippen LogP contribution is 2.43. The Morgan fingerprint density at radius 1 is 0.878 bits per heavy atom. The standard InChI is InChI=1S/C32H27N5O2S2/c1-21-8-9-25(20-22(21)2)35-19-5-7-29(35)31-30(28-6-3-4-18-33-28)34-32(40)36(31)23-10-14-26(15-11-23)41-27-16-12-24(13-17-27)37(38)39/h3-20,30-31H,1-2H3,(H,34,40)/t30-,31-/m1/s1. The van der Waals surface area contributed by atoms with Crippen molar-refractivity contribution in [1.82, 2.24) is 14.9 Å². The lowest BCUT2D eigenvalue weighted by atomic mass is 10.0. The number of aryl methyl sites for hydroxylation is 2. The van der Waals surface area contributed by atoms with Crippen molar-refractivity contribution in [2.24, 2.45) is 0 Å². The fraction of sp³-hybridized carbons (Fsp3) is 0.125. The number of anilines is 1. The van der Waals surface area contributed by atoms with Gasteiger partial charge in [-0.15, -0.1) is 0 Å². The number of non-ortho nitro benzene ring substituents is 1. The first-order chi connectivity index (χ1) is 19.9. The number of nitro benzene ring substituents is 1. The fourth-order valence-electron chi connectivity index (χ4n) is 5.13. The smallest absolute Gasteiger partial charge is 0.269 e. The fourth-order valence-corrected chi connectivity index (χ4v) is 6.29. The van der Waals surface area contributed by atoms with Gasteiger partial charge in [0.25, 0.3) is 5.69 Å². The molecule has 0 radical (unpaired) electrons. The van der Waals surface area contributed by atoms with E-state index in [0.717, 1.165) is 32.6 Å². The largest absolute Gasteiger partial charge is 0.351 e. The Bertz CT molecular complexity index is 1720. The zero-order valence-corrected chi connectivity index (χ0v) is 24.1. The number of hydrogen-bond donors (Lipinski definition) is 1. The van der Waals surface area contributed by atoms with Crippen LogP contribution in [0, 0.1) is 24.0 Å². The Hall–Kier alpha value is -4.47. The van der Waals surface area contributed by atoms with Crippen molar-refractivity contribution in [1.29, 1.82) is 0 Å². The van der Waals surface area contributed by atoms with Gasteiger partial charge in [-0.1, -0.05) is 23.9 Å². The minimum absolute atomic E-state index is 0.0822. The summed E-state index contributed by atoms with van der Waals surface area (Å²) in [6.45, 7) is 4.25. The van der Waals surface area contributed by atoms with Crippen molar-refractivity contribution in [2.75, 3.05) is 4.90 Å². The molecule has 2 aromatic heterocycles. The molecule has 3 heterocycles. The third-order valence-corrected chi connectivity index (χ3v) is 8.68. The molecule has 0 saturated carbocycles. The molecule has 0 aliphatic carbocycles. The van der Waals surface area contributed by atoms with Crippen LogP contribution in [0.4, 0.5) is 11.4 Å². The van der Waals surface area contributed by atoms with Gasteiger partial charge < -0.3 is 14.8 Å². The Morgan fingerprint density at radius 3 is 2.24 bits per heavy atom. The van der Waals surface area contributed by atoms with E-state index in [0.29, 0.717) is 5.11 Å². The molecule has 0 bridgehead atoms. The number of thiocarbonyl (C=S) groups is 1. The number of nitro groups is 1. The number of hydrogen-bond acceptors (Lipinski definition) is 5. The summed E-state index contributed by atoms with van der Waals surface area (Å²) in [4.78, 5) is 19.4. The topological polar surface area (TPSA) is 76.2 Å². The van der Waals surface area contributed by atoms with Gasteiger partial charge in [-0.05, 0) is 110 Å². The van der Waals surface area contributed by atoms with Gasteiger partial charge in [-0.2, -0.15) is 0 Å². The minimum atomic E-state index is -0.388. The van der Waals surface area contributed by atoms with E-state index in [4.69, 9.17) is 12.2 Å². The highest BCUT2D eigenvalue weighted by Gasteiger charge is 2.42. The molecule has 6 rings (SSSR count). The van der Waals surface area contributed by atoms with E-state index in [9.17, 15) is 10.1 Å². The summed E-state index contributed by atoms with van der Waals surface area (Å²) in [7, 11) is 0. The summed E-state index contributed by atoms with van der Waals surface area (Å²) < 4.78 is 2.23. The molecule has 1 aliphatic heterocycles. The van der Waals surface area contributed by atoms with Gasteiger partial charge in [-0.3, -0.25) is 15.1 Å². The number of nitrogens with one attached hydrogen (secondary N) is 1. The molecule has 3 aromatic carbocycles. The van der Waals surface area contributed by atoms with E-state index in [2.05, 4.69) is 94.4 Å². The Balaban J connectivity index is 1.36. The summed E-state index contributed by atoms with van der Waals surface area (Å²) >= 11 is 7.49. The molecule has 5 aromatic rings. The van der Waals surface area contributed by atoms with Crippen LogP contribution in [0.15, 0.2) is 119 Å². The molecule has 1 aliphatic rings. The number of pyridine rings is 1. The van der Waals surface area contributed by atoms with E-state index in [-0.39, 0.29) is 22.7 Å². The summed E-state index contributed by atoms with van der Waals surface area (Å²) in [5, 5.41) is 15.2. The number of aromatic nitrogens is 2. The van der Waals surface area contributed by atoms with Crippen LogP contribution < -0.4 is 10.2 Å². The SMILES string of the molecule is Cc1ccc(-n2cccc2[C@@H]2[C@@H](c3ccccn3)NC(=S)N2c2ccc(Sc3ccc([N+](=O)[O-])cc3)cc2)cc1C. The first-order valence-corrected chi connectivity index (χ1v) is 14.4. The molecule has 1 N–H and O–H groups in total. The van der Waals surface area contributed by atoms with Gasteiger partial charge >= 0.3 is 0 Å². The average molecular weight is 578 g/mol. The molecule has 7 nitrogen and oxygen atoms in total. The predicted octanol–water partition coefficient (Wildman–Crippen LogP) is 7.73. The molecule has 41 heavy (non-hydrogen) atoms. The second-order valence-electron chi connectivity index (χ2n) is 9.92. The summed E-state index contributed by atoms with van der Waals surface area (Å²) in [5.41, 5.74) is 6.65. The maximum absolute atomic E-state index is 11.0. The van der Waals surface area contributed by atoms with Crippen LogP contribution in [0.2, 0.25) is 0 Å². The molecule has 204 valence electrons. The first-order valence-electron chi connectivity index (χ1n) is 13.2. The summed E-state index contributed by atoms with van der Waals surface area (Å²) in [5.74, 6) is 0. The van der Waals surface area contributed by atoms with Gasteiger partial charge in [0.1, 0.15) is 6.04 Å². The third kappa shape index (κ3) is 5.33. The normalized spacial score (nSPS) is 16.5. The highest BCUT2D eigenvalue weighted by atomic mass is 32.2. The van der Waals surface area contributed by atoms with Crippen LogP contribution in [-0.2, 0) is 0 Å². The van der Waals surface area contributed by atoms with Crippen LogP contribution in [0.25, 0.3) is 5.69 Å². The Kier molecular flexibility index (Phi) is 7.30. The van der Waals surface area contributed by atoms with E-state index in [1.54, 1.807) is 23.9 Å². The lowest BCUT2D eigenvalue weighted by molar-refractivity contribution is -0.384. The Labute approximate surface area is 248 Å². The Morgan fingerprint density at radius 2 is 1.59 bits per heavy atom.